The Bertz CT molecular complexity index is 1010. The highest BCUT2D eigenvalue weighted by Crippen LogP contribution is 2.28. The third-order valence-electron chi connectivity index (χ3n) is 3.70. The quantitative estimate of drug-likeness (QED) is 0.542. The van der Waals surface area contributed by atoms with E-state index in [1.54, 1.807) is 19.2 Å². The number of aromatic nitrogens is 3. The second kappa shape index (κ2) is 7.15. The molecule has 0 aliphatic heterocycles. The number of nitrogens with zero attached hydrogens (tertiary/aromatic N) is 3. The van der Waals surface area contributed by atoms with Crippen molar-refractivity contribution in [1.29, 1.82) is 0 Å². The highest BCUT2D eigenvalue weighted by atomic mass is 35.5. The first-order valence-electron chi connectivity index (χ1n) is 7.37. The first kappa shape index (κ1) is 17.9. The van der Waals surface area contributed by atoms with Crippen molar-refractivity contribution in [3.8, 4) is 0 Å². The van der Waals surface area contributed by atoms with Gasteiger partial charge in [0.1, 0.15) is 10.6 Å². The molecule has 25 heavy (non-hydrogen) atoms. The van der Waals surface area contributed by atoms with Crippen LogP contribution in [0, 0.1) is 13.8 Å². The number of carbonyl (C=O) groups excluding carboxylic acids is 1. The molecule has 6 nitrogen and oxygen atoms in total. The number of amides is 1. The standard InChI is InChI=1S/C16H15ClN4O2S2/c1-8-9(2)25-14-13(8)15(23)21(3)16(20-14)24-7-12(22)19-11-5-4-10(17)6-18-11/h4-6H,7H2,1-3H3,(H,18,19,22). The summed E-state index contributed by atoms with van der Waals surface area (Å²) < 4.78 is 1.49. The summed E-state index contributed by atoms with van der Waals surface area (Å²) in [6, 6.07) is 3.28. The summed E-state index contributed by atoms with van der Waals surface area (Å²) in [5.41, 5.74) is 0.880. The van der Waals surface area contributed by atoms with Crippen molar-refractivity contribution >= 4 is 56.6 Å². The Hall–Kier alpha value is -1.90. The van der Waals surface area contributed by atoms with E-state index < -0.39 is 0 Å². The zero-order chi connectivity index (χ0) is 18.1. The predicted octanol–water partition coefficient (Wildman–Crippen LogP) is 3.39. The second-order valence-corrected chi connectivity index (χ2v) is 8.00. The lowest BCUT2D eigenvalue weighted by Gasteiger charge is -2.07. The van der Waals surface area contributed by atoms with Crippen molar-refractivity contribution in [3.05, 3.63) is 44.1 Å². The fourth-order valence-electron chi connectivity index (χ4n) is 2.24. The molecular formula is C16H15ClN4O2S2. The Balaban J connectivity index is 1.77. The molecule has 0 spiro atoms. The molecule has 0 bridgehead atoms. The Morgan fingerprint density at radius 3 is 2.84 bits per heavy atom. The van der Waals surface area contributed by atoms with Crippen LogP contribution in [0.15, 0.2) is 28.3 Å². The minimum absolute atomic E-state index is 0.0888. The molecule has 0 saturated heterocycles. The van der Waals surface area contributed by atoms with Crippen LogP contribution in [-0.2, 0) is 11.8 Å². The lowest BCUT2D eigenvalue weighted by Crippen LogP contribution is -2.21. The number of anilines is 1. The molecule has 1 N–H and O–H groups in total. The van der Waals surface area contributed by atoms with Crippen molar-refractivity contribution < 1.29 is 4.79 Å². The summed E-state index contributed by atoms with van der Waals surface area (Å²) >= 11 is 8.47. The summed E-state index contributed by atoms with van der Waals surface area (Å²) in [4.78, 5) is 35.0. The maximum absolute atomic E-state index is 12.5. The van der Waals surface area contributed by atoms with Crippen LogP contribution >= 0.6 is 34.7 Å². The second-order valence-electron chi connectivity index (χ2n) is 5.42. The number of pyridine rings is 1. The van der Waals surface area contributed by atoms with Gasteiger partial charge in [-0.3, -0.25) is 14.2 Å². The van der Waals surface area contributed by atoms with Crippen LogP contribution in [0.4, 0.5) is 5.82 Å². The topological polar surface area (TPSA) is 76.9 Å². The maximum atomic E-state index is 12.5. The van der Waals surface area contributed by atoms with E-state index in [1.807, 2.05) is 13.8 Å². The van der Waals surface area contributed by atoms with E-state index in [0.717, 1.165) is 10.4 Å². The number of fused-ring (bicyclic) bond motifs is 1. The monoisotopic (exact) mass is 394 g/mol. The zero-order valence-electron chi connectivity index (χ0n) is 13.8. The largest absolute Gasteiger partial charge is 0.310 e. The number of thioether (sulfide) groups is 1. The summed E-state index contributed by atoms with van der Waals surface area (Å²) in [7, 11) is 1.67. The van der Waals surface area contributed by atoms with E-state index >= 15 is 0 Å². The van der Waals surface area contributed by atoms with E-state index in [2.05, 4.69) is 15.3 Å². The van der Waals surface area contributed by atoms with Gasteiger partial charge in [-0.25, -0.2) is 9.97 Å². The van der Waals surface area contributed by atoms with E-state index in [0.29, 0.717) is 26.2 Å². The van der Waals surface area contributed by atoms with Crippen molar-refractivity contribution in [1.82, 2.24) is 14.5 Å². The summed E-state index contributed by atoms with van der Waals surface area (Å²) in [6.45, 7) is 3.90. The molecule has 0 radical (unpaired) electrons. The van der Waals surface area contributed by atoms with Crippen LogP contribution in [0.3, 0.4) is 0 Å². The minimum atomic E-state index is -0.229. The number of rotatable bonds is 4. The molecule has 0 saturated carbocycles. The summed E-state index contributed by atoms with van der Waals surface area (Å²) in [5.74, 6) is 0.323. The van der Waals surface area contributed by atoms with Gasteiger partial charge < -0.3 is 5.32 Å². The number of carbonyl (C=O) groups is 1. The molecule has 0 aromatic carbocycles. The Morgan fingerprint density at radius 1 is 1.40 bits per heavy atom. The normalized spacial score (nSPS) is 11.0. The van der Waals surface area contributed by atoms with Gasteiger partial charge in [-0.1, -0.05) is 23.4 Å². The smallest absolute Gasteiger partial charge is 0.262 e. The number of hydrogen-bond acceptors (Lipinski definition) is 6. The molecule has 0 atom stereocenters. The van der Waals surface area contributed by atoms with Crippen LogP contribution in [-0.4, -0.2) is 26.2 Å². The van der Waals surface area contributed by atoms with Gasteiger partial charge >= 0.3 is 0 Å². The van der Waals surface area contributed by atoms with Crippen LogP contribution in [0.1, 0.15) is 10.4 Å². The molecule has 1 amide bonds. The third-order valence-corrected chi connectivity index (χ3v) is 6.05. The Kier molecular flexibility index (Phi) is 5.12. The van der Waals surface area contributed by atoms with E-state index in [9.17, 15) is 9.59 Å². The molecule has 0 aliphatic carbocycles. The van der Waals surface area contributed by atoms with Crippen LogP contribution < -0.4 is 10.9 Å². The maximum Gasteiger partial charge on any atom is 0.262 e. The zero-order valence-corrected chi connectivity index (χ0v) is 16.2. The highest BCUT2D eigenvalue weighted by Gasteiger charge is 2.15. The first-order chi connectivity index (χ1) is 11.9. The molecule has 0 fully saturated rings. The summed E-state index contributed by atoms with van der Waals surface area (Å²) in [6.07, 6.45) is 1.46. The minimum Gasteiger partial charge on any atom is -0.310 e. The predicted molar refractivity (Wildman–Crippen MR) is 103 cm³/mol. The van der Waals surface area contributed by atoms with Gasteiger partial charge in [-0.05, 0) is 31.5 Å². The van der Waals surface area contributed by atoms with E-state index in [-0.39, 0.29) is 17.2 Å². The van der Waals surface area contributed by atoms with Crippen molar-refractivity contribution in [3.63, 3.8) is 0 Å². The van der Waals surface area contributed by atoms with Gasteiger partial charge in [0.25, 0.3) is 5.56 Å². The van der Waals surface area contributed by atoms with Crippen molar-refractivity contribution in [2.75, 3.05) is 11.1 Å². The van der Waals surface area contributed by atoms with Crippen LogP contribution in [0.5, 0.6) is 0 Å². The van der Waals surface area contributed by atoms with Gasteiger partial charge in [0, 0.05) is 18.1 Å². The number of nitrogens with one attached hydrogen (secondary N) is 1. The average Bonchev–Trinajstić information content (AvgIpc) is 2.86. The van der Waals surface area contributed by atoms with Gasteiger partial charge in [-0.15, -0.1) is 11.3 Å². The fraction of sp³-hybridized carbons (Fsp3) is 0.250. The fourth-order valence-corrected chi connectivity index (χ4v) is 4.20. The highest BCUT2D eigenvalue weighted by molar-refractivity contribution is 7.99. The van der Waals surface area contributed by atoms with Gasteiger partial charge in [0.15, 0.2) is 5.16 Å². The van der Waals surface area contributed by atoms with Crippen molar-refractivity contribution in [2.45, 2.75) is 19.0 Å². The lowest BCUT2D eigenvalue weighted by molar-refractivity contribution is -0.113. The van der Waals surface area contributed by atoms with Crippen LogP contribution in [0.2, 0.25) is 5.02 Å². The van der Waals surface area contributed by atoms with Gasteiger partial charge in [-0.2, -0.15) is 0 Å². The SMILES string of the molecule is Cc1sc2nc(SCC(=O)Nc3ccc(Cl)cn3)n(C)c(=O)c2c1C. The van der Waals surface area contributed by atoms with E-state index in [1.165, 1.54) is 33.9 Å². The molecule has 3 aromatic heterocycles. The number of aryl methyl sites for hydroxylation is 2. The van der Waals surface area contributed by atoms with Gasteiger partial charge in [0.05, 0.1) is 16.2 Å². The van der Waals surface area contributed by atoms with Crippen molar-refractivity contribution in [2.24, 2.45) is 7.05 Å². The number of halogens is 1. The molecular weight excluding hydrogens is 380 g/mol. The number of thiophene rings is 1. The molecule has 3 heterocycles. The van der Waals surface area contributed by atoms with Gasteiger partial charge in [0.2, 0.25) is 5.91 Å². The molecule has 0 aliphatic rings. The average molecular weight is 395 g/mol. The summed E-state index contributed by atoms with van der Waals surface area (Å²) in [5, 5.41) is 4.35. The van der Waals surface area contributed by atoms with E-state index in [4.69, 9.17) is 11.6 Å². The molecule has 9 heteroatoms. The number of hydrogen-bond donors (Lipinski definition) is 1. The van der Waals surface area contributed by atoms with Crippen LogP contribution in [0.25, 0.3) is 10.2 Å². The molecule has 3 rings (SSSR count). The molecule has 0 unspecified atom stereocenters. The first-order valence-corrected chi connectivity index (χ1v) is 9.55. The Labute approximate surface area is 157 Å². The molecule has 130 valence electrons. The lowest BCUT2D eigenvalue weighted by atomic mass is 10.2. The molecule has 3 aromatic rings. The third kappa shape index (κ3) is 3.70. The Morgan fingerprint density at radius 2 is 2.16 bits per heavy atom.